The summed E-state index contributed by atoms with van der Waals surface area (Å²) in [6, 6.07) is 5.04. The van der Waals surface area contributed by atoms with Gasteiger partial charge in [-0.25, -0.2) is 8.42 Å². The molecule has 1 N–H and O–H groups in total. The Kier molecular flexibility index (Phi) is 5.87. The highest BCUT2D eigenvalue weighted by molar-refractivity contribution is 7.92. The number of carbonyl (C=O) groups is 2. The van der Waals surface area contributed by atoms with E-state index in [0.717, 1.165) is 19.3 Å². The summed E-state index contributed by atoms with van der Waals surface area (Å²) in [4.78, 5) is 25.7. The summed E-state index contributed by atoms with van der Waals surface area (Å²) in [5.41, 5.74) is 1.08. The van der Waals surface area contributed by atoms with Gasteiger partial charge in [0, 0.05) is 25.1 Å². The number of anilines is 2. The van der Waals surface area contributed by atoms with Gasteiger partial charge in [0.1, 0.15) is 0 Å². The molecule has 0 bridgehead atoms. The molecule has 2 fully saturated rings. The maximum Gasteiger partial charge on any atom is 0.227 e. The molecule has 142 valence electrons. The Hall–Kier alpha value is -1.60. The zero-order chi connectivity index (χ0) is 18.7. The number of hydrogen-bond donors (Lipinski definition) is 1. The Morgan fingerprint density at radius 3 is 2.62 bits per heavy atom. The van der Waals surface area contributed by atoms with E-state index in [9.17, 15) is 18.0 Å². The topological polar surface area (TPSA) is 83.6 Å². The molecular weight excluding hydrogens is 376 g/mol. The third-order valence-electron chi connectivity index (χ3n) is 5.03. The van der Waals surface area contributed by atoms with Crippen LogP contribution in [0.4, 0.5) is 11.4 Å². The van der Waals surface area contributed by atoms with Crippen LogP contribution in [0.1, 0.15) is 44.9 Å². The molecule has 1 aromatic rings. The van der Waals surface area contributed by atoms with Crippen molar-refractivity contribution >= 4 is 44.6 Å². The van der Waals surface area contributed by atoms with Gasteiger partial charge in [-0.05, 0) is 37.5 Å². The van der Waals surface area contributed by atoms with Gasteiger partial charge in [-0.3, -0.25) is 9.59 Å². The van der Waals surface area contributed by atoms with E-state index in [-0.39, 0.29) is 23.3 Å². The van der Waals surface area contributed by atoms with E-state index >= 15 is 0 Å². The molecule has 6 nitrogen and oxygen atoms in total. The molecule has 3 rings (SSSR count). The van der Waals surface area contributed by atoms with Crippen LogP contribution in [0.25, 0.3) is 0 Å². The van der Waals surface area contributed by atoms with E-state index < -0.39 is 15.7 Å². The number of carbonyl (C=O) groups excluding carboxylic acids is 2. The Balaban J connectivity index is 1.62. The predicted octanol–water partition coefficient (Wildman–Crippen LogP) is 3.15. The Morgan fingerprint density at radius 1 is 1.23 bits per heavy atom. The van der Waals surface area contributed by atoms with Gasteiger partial charge < -0.3 is 10.2 Å². The molecule has 8 heteroatoms. The second kappa shape index (κ2) is 7.96. The number of rotatable bonds is 6. The van der Waals surface area contributed by atoms with Gasteiger partial charge in [0.15, 0.2) is 9.84 Å². The van der Waals surface area contributed by atoms with Crippen LogP contribution >= 0.6 is 11.6 Å². The summed E-state index contributed by atoms with van der Waals surface area (Å²) in [5, 5.41) is 2.73. The van der Waals surface area contributed by atoms with Crippen molar-refractivity contribution in [2.75, 3.05) is 22.5 Å². The van der Waals surface area contributed by atoms with E-state index in [4.69, 9.17) is 11.6 Å². The van der Waals surface area contributed by atoms with Crippen LogP contribution in [0.2, 0.25) is 5.02 Å². The molecule has 0 radical (unpaired) electrons. The highest BCUT2D eigenvalue weighted by atomic mass is 35.5. The standard InChI is InChI=1S/C18H23ClN2O4S/c19-15-8-7-13(21-10-3-6-18(21)23)12-16(15)20-17(22)9-11-26(24,25)14-4-1-2-5-14/h7-8,12,14H,1-6,9-11H2,(H,20,22). The minimum atomic E-state index is -3.23. The number of amides is 2. The highest BCUT2D eigenvalue weighted by Gasteiger charge is 2.29. The van der Waals surface area contributed by atoms with E-state index in [1.165, 1.54) is 0 Å². The first-order chi connectivity index (χ1) is 12.4. The first-order valence-corrected chi connectivity index (χ1v) is 11.1. The number of hydrogen-bond acceptors (Lipinski definition) is 4. The molecule has 1 aliphatic heterocycles. The van der Waals surface area contributed by atoms with Gasteiger partial charge in [0.05, 0.1) is 21.7 Å². The lowest BCUT2D eigenvalue weighted by Gasteiger charge is -2.18. The fraction of sp³-hybridized carbons (Fsp3) is 0.556. The summed E-state index contributed by atoms with van der Waals surface area (Å²) >= 11 is 6.14. The lowest BCUT2D eigenvalue weighted by atomic mass is 10.2. The predicted molar refractivity (Wildman–Crippen MR) is 102 cm³/mol. The molecule has 1 saturated carbocycles. The van der Waals surface area contributed by atoms with Crippen LogP contribution in [-0.4, -0.2) is 37.8 Å². The maximum absolute atomic E-state index is 12.3. The molecule has 1 aromatic carbocycles. The zero-order valence-electron chi connectivity index (χ0n) is 14.5. The van der Waals surface area contributed by atoms with Crippen LogP contribution in [-0.2, 0) is 19.4 Å². The molecule has 2 aliphatic rings. The van der Waals surface area contributed by atoms with Gasteiger partial charge in [0.25, 0.3) is 0 Å². The number of benzene rings is 1. The quantitative estimate of drug-likeness (QED) is 0.797. The monoisotopic (exact) mass is 398 g/mol. The van der Waals surface area contributed by atoms with E-state index in [1.807, 2.05) is 0 Å². The summed E-state index contributed by atoms with van der Waals surface area (Å²) in [5.74, 6) is -0.489. The molecule has 0 spiro atoms. The minimum absolute atomic E-state index is 0.0484. The van der Waals surface area contributed by atoms with Gasteiger partial charge in [-0.2, -0.15) is 0 Å². The highest BCUT2D eigenvalue weighted by Crippen LogP contribution is 2.30. The lowest BCUT2D eigenvalue weighted by Crippen LogP contribution is -2.25. The summed E-state index contributed by atoms with van der Waals surface area (Å²) in [6.07, 6.45) is 4.50. The normalized spacial score (nSPS) is 18.5. The lowest BCUT2D eigenvalue weighted by molar-refractivity contribution is -0.117. The average Bonchev–Trinajstić information content (AvgIpc) is 3.27. The van der Waals surface area contributed by atoms with E-state index in [2.05, 4.69) is 5.32 Å². The van der Waals surface area contributed by atoms with Crippen molar-refractivity contribution in [3.8, 4) is 0 Å². The summed E-state index contributed by atoms with van der Waals surface area (Å²) < 4.78 is 24.5. The van der Waals surface area contributed by atoms with Gasteiger partial charge >= 0.3 is 0 Å². The molecule has 0 unspecified atom stereocenters. The number of halogens is 1. The molecule has 26 heavy (non-hydrogen) atoms. The minimum Gasteiger partial charge on any atom is -0.325 e. The van der Waals surface area contributed by atoms with Crippen molar-refractivity contribution in [3.63, 3.8) is 0 Å². The van der Waals surface area contributed by atoms with Crippen LogP contribution < -0.4 is 10.2 Å². The third-order valence-corrected chi connectivity index (χ3v) is 7.62. The van der Waals surface area contributed by atoms with Crippen molar-refractivity contribution in [2.45, 2.75) is 50.2 Å². The van der Waals surface area contributed by atoms with Gasteiger partial charge in [-0.15, -0.1) is 0 Å². The van der Waals surface area contributed by atoms with Crippen LogP contribution in [0, 0.1) is 0 Å². The number of nitrogens with zero attached hydrogens (tertiary/aromatic N) is 1. The second-order valence-corrected chi connectivity index (χ2v) is 9.69. The molecule has 1 aliphatic carbocycles. The largest absolute Gasteiger partial charge is 0.325 e. The Morgan fingerprint density at radius 2 is 1.96 bits per heavy atom. The van der Waals surface area contributed by atoms with Gasteiger partial charge in [0.2, 0.25) is 11.8 Å². The summed E-state index contributed by atoms with van der Waals surface area (Å²) in [7, 11) is -3.23. The average molecular weight is 399 g/mol. The first-order valence-electron chi connectivity index (χ1n) is 8.98. The molecule has 1 heterocycles. The molecule has 0 aromatic heterocycles. The smallest absolute Gasteiger partial charge is 0.227 e. The van der Waals surface area contributed by atoms with Crippen molar-refractivity contribution in [3.05, 3.63) is 23.2 Å². The zero-order valence-corrected chi connectivity index (χ0v) is 16.1. The molecule has 2 amide bonds. The van der Waals surface area contributed by atoms with Crippen LogP contribution in [0.5, 0.6) is 0 Å². The molecule has 1 saturated heterocycles. The first kappa shape index (κ1) is 19.2. The summed E-state index contributed by atoms with van der Waals surface area (Å²) in [6.45, 7) is 0.646. The van der Waals surface area contributed by atoms with Crippen molar-refractivity contribution in [1.82, 2.24) is 0 Å². The third kappa shape index (κ3) is 4.38. The Labute approximate surface area is 158 Å². The maximum atomic E-state index is 12.3. The fourth-order valence-electron chi connectivity index (χ4n) is 3.56. The van der Waals surface area contributed by atoms with E-state index in [1.54, 1.807) is 23.1 Å². The Bertz CT molecular complexity index is 803. The van der Waals surface area contributed by atoms with Gasteiger partial charge in [-0.1, -0.05) is 24.4 Å². The van der Waals surface area contributed by atoms with Crippen molar-refractivity contribution < 1.29 is 18.0 Å². The second-order valence-electron chi connectivity index (χ2n) is 6.88. The fourth-order valence-corrected chi connectivity index (χ4v) is 5.58. The molecule has 0 atom stereocenters. The van der Waals surface area contributed by atoms with Crippen LogP contribution in [0.15, 0.2) is 18.2 Å². The SMILES string of the molecule is O=C(CCS(=O)(=O)C1CCCC1)Nc1cc(N2CCCC2=O)ccc1Cl. The van der Waals surface area contributed by atoms with Crippen molar-refractivity contribution in [2.24, 2.45) is 0 Å². The van der Waals surface area contributed by atoms with Crippen molar-refractivity contribution in [1.29, 1.82) is 0 Å². The van der Waals surface area contributed by atoms with Crippen LogP contribution in [0.3, 0.4) is 0 Å². The molecular formula is C18H23ClN2O4S. The van der Waals surface area contributed by atoms with E-state index in [0.29, 0.717) is 42.2 Å². The number of sulfone groups is 1. The number of nitrogens with one attached hydrogen (secondary N) is 1.